The maximum atomic E-state index is 14.8. The van der Waals surface area contributed by atoms with Crippen LogP contribution < -0.4 is 15.6 Å². The van der Waals surface area contributed by atoms with E-state index in [0.29, 0.717) is 32.0 Å². The van der Waals surface area contributed by atoms with E-state index in [1.807, 2.05) is 0 Å². The fourth-order valence-electron chi connectivity index (χ4n) is 4.70. The topological polar surface area (TPSA) is 117 Å². The molecule has 3 atom stereocenters. The van der Waals surface area contributed by atoms with Crippen molar-refractivity contribution in [1.82, 2.24) is 19.9 Å². The quantitative estimate of drug-likeness (QED) is 0.495. The summed E-state index contributed by atoms with van der Waals surface area (Å²) in [7, 11) is 0. The standard InChI is InChI=1S/C24H20F5N5O4/c1-10-18(36)23(5-6-23)22(38)34(10)16-4-3-13-17(35)14(21(37)31-11(2)24(27,28)29)9-33(19(13)32-16)20-15(26)7-12(25)8-30-20/h3-4,7-11,18,36H,5-6H2,1-2H3,(H,31,37)/t10?,11-,18?/m0/s1. The fraction of sp³-hybridized carbons (Fsp3) is 0.375. The third-order valence-corrected chi connectivity index (χ3v) is 7.05. The second-order valence-electron chi connectivity index (χ2n) is 9.49. The van der Waals surface area contributed by atoms with Crippen molar-refractivity contribution in [1.29, 1.82) is 0 Å². The average Bonchev–Trinajstić information content (AvgIpc) is 3.63. The minimum atomic E-state index is -4.80. The Labute approximate surface area is 210 Å². The van der Waals surface area contributed by atoms with Crippen molar-refractivity contribution in [2.24, 2.45) is 5.41 Å². The van der Waals surface area contributed by atoms with Crippen molar-refractivity contribution in [3.63, 3.8) is 0 Å². The lowest BCUT2D eigenvalue weighted by atomic mass is 9.99. The molecule has 0 bridgehead atoms. The molecule has 2 aliphatic rings. The molecular weight excluding hydrogens is 517 g/mol. The van der Waals surface area contributed by atoms with Gasteiger partial charge in [-0.1, -0.05) is 0 Å². The number of aliphatic hydroxyl groups is 1. The van der Waals surface area contributed by atoms with Gasteiger partial charge in [-0.15, -0.1) is 0 Å². The summed E-state index contributed by atoms with van der Waals surface area (Å²) < 4.78 is 68.2. The minimum absolute atomic E-state index is 0.0105. The molecule has 1 spiro atoms. The van der Waals surface area contributed by atoms with Crippen molar-refractivity contribution in [3.8, 4) is 5.82 Å². The Morgan fingerprint density at radius 1 is 1.24 bits per heavy atom. The lowest BCUT2D eigenvalue weighted by molar-refractivity contribution is -0.149. The highest BCUT2D eigenvalue weighted by molar-refractivity contribution is 6.03. The lowest BCUT2D eigenvalue weighted by Crippen LogP contribution is -2.44. The SMILES string of the molecule is CC1C(O)C2(CC2)C(=O)N1c1ccc2c(=O)c(C(=O)N[C@@H](C)C(F)(F)F)cn(-c3ncc(F)cc3F)c2n1. The Kier molecular flexibility index (Phi) is 5.78. The van der Waals surface area contributed by atoms with Gasteiger partial charge < -0.3 is 10.4 Å². The van der Waals surface area contributed by atoms with Crippen molar-refractivity contribution < 1.29 is 36.6 Å². The molecular formula is C24H20F5N5O4. The van der Waals surface area contributed by atoms with E-state index in [0.717, 1.165) is 10.8 Å². The molecule has 1 aliphatic carbocycles. The van der Waals surface area contributed by atoms with Gasteiger partial charge in [0.2, 0.25) is 11.3 Å². The Balaban J connectivity index is 1.70. The number of aliphatic hydroxyl groups excluding tert-OH is 1. The van der Waals surface area contributed by atoms with E-state index in [1.54, 1.807) is 12.2 Å². The van der Waals surface area contributed by atoms with Gasteiger partial charge in [0.05, 0.1) is 29.1 Å². The van der Waals surface area contributed by atoms with Crippen LogP contribution in [0.15, 0.2) is 35.4 Å². The molecule has 14 heteroatoms. The van der Waals surface area contributed by atoms with Crippen LogP contribution in [0, 0.1) is 17.0 Å². The normalized spacial score (nSPS) is 21.3. The number of rotatable bonds is 4. The first kappa shape index (κ1) is 25.7. The van der Waals surface area contributed by atoms with Crippen LogP contribution in [0.3, 0.4) is 0 Å². The number of hydrogen-bond donors (Lipinski definition) is 2. The van der Waals surface area contributed by atoms with Crippen molar-refractivity contribution in [3.05, 3.63) is 58.0 Å². The third-order valence-electron chi connectivity index (χ3n) is 7.05. The monoisotopic (exact) mass is 537 g/mol. The van der Waals surface area contributed by atoms with Crippen molar-refractivity contribution >= 4 is 28.7 Å². The highest BCUT2D eigenvalue weighted by atomic mass is 19.4. The number of carbonyl (C=O) groups is 2. The highest BCUT2D eigenvalue weighted by Crippen LogP contribution is 2.56. The smallest absolute Gasteiger partial charge is 0.390 e. The summed E-state index contributed by atoms with van der Waals surface area (Å²) in [5.74, 6) is -4.59. The van der Waals surface area contributed by atoms with E-state index in [-0.39, 0.29) is 22.8 Å². The Morgan fingerprint density at radius 2 is 1.92 bits per heavy atom. The van der Waals surface area contributed by atoms with Crippen LogP contribution in [0.2, 0.25) is 0 Å². The number of anilines is 1. The van der Waals surface area contributed by atoms with E-state index in [9.17, 15) is 41.4 Å². The molecule has 2 amide bonds. The van der Waals surface area contributed by atoms with Crippen LogP contribution in [0.5, 0.6) is 0 Å². The van der Waals surface area contributed by atoms with Crippen LogP contribution in [0.4, 0.5) is 27.8 Å². The van der Waals surface area contributed by atoms with Gasteiger partial charge >= 0.3 is 6.18 Å². The number of aromatic nitrogens is 3. The zero-order valence-corrected chi connectivity index (χ0v) is 19.9. The predicted octanol–water partition coefficient (Wildman–Crippen LogP) is 2.62. The zero-order valence-electron chi connectivity index (χ0n) is 19.9. The van der Waals surface area contributed by atoms with Crippen LogP contribution in [0.25, 0.3) is 16.9 Å². The van der Waals surface area contributed by atoms with Gasteiger partial charge in [-0.3, -0.25) is 23.9 Å². The molecule has 1 saturated heterocycles. The van der Waals surface area contributed by atoms with Crippen LogP contribution in [-0.4, -0.2) is 55.8 Å². The maximum Gasteiger partial charge on any atom is 0.408 e. The second kappa shape index (κ2) is 8.55. The van der Waals surface area contributed by atoms with Crippen LogP contribution in [0.1, 0.15) is 37.0 Å². The first-order valence-corrected chi connectivity index (χ1v) is 11.5. The lowest BCUT2D eigenvalue weighted by Gasteiger charge is -2.22. The molecule has 0 aromatic carbocycles. The van der Waals surface area contributed by atoms with Gasteiger partial charge in [0.25, 0.3) is 5.91 Å². The van der Waals surface area contributed by atoms with E-state index < -0.39 is 64.1 Å². The number of hydrogen-bond acceptors (Lipinski definition) is 6. The predicted molar refractivity (Wildman–Crippen MR) is 123 cm³/mol. The summed E-state index contributed by atoms with van der Waals surface area (Å²) in [4.78, 5) is 48.2. The van der Waals surface area contributed by atoms with E-state index in [1.165, 1.54) is 17.0 Å². The summed E-state index contributed by atoms with van der Waals surface area (Å²) >= 11 is 0. The molecule has 2 fully saturated rings. The average molecular weight is 537 g/mol. The molecule has 9 nitrogen and oxygen atoms in total. The summed E-state index contributed by atoms with van der Waals surface area (Å²) in [6.45, 7) is 2.30. The maximum absolute atomic E-state index is 14.8. The molecule has 5 rings (SSSR count). The van der Waals surface area contributed by atoms with Gasteiger partial charge in [-0.2, -0.15) is 13.2 Å². The zero-order chi connectivity index (χ0) is 27.7. The Bertz CT molecular complexity index is 1550. The number of halogens is 5. The fourth-order valence-corrected chi connectivity index (χ4v) is 4.70. The molecule has 3 aromatic heterocycles. The van der Waals surface area contributed by atoms with Gasteiger partial charge in [0.1, 0.15) is 23.2 Å². The number of pyridine rings is 3. The number of nitrogens with zero attached hydrogens (tertiary/aromatic N) is 4. The highest BCUT2D eigenvalue weighted by Gasteiger charge is 2.65. The molecule has 3 aromatic rings. The molecule has 200 valence electrons. The number of nitrogens with one attached hydrogen (secondary N) is 1. The number of carbonyl (C=O) groups excluding carboxylic acids is 2. The van der Waals surface area contributed by atoms with Crippen molar-refractivity contribution in [2.45, 2.75) is 51.1 Å². The molecule has 2 N–H and O–H groups in total. The molecule has 0 radical (unpaired) electrons. The number of alkyl halides is 3. The van der Waals surface area contributed by atoms with Crippen LogP contribution >= 0.6 is 0 Å². The van der Waals surface area contributed by atoms with Crippen LogP contribution in [-0.2, 0) is 4.79 Å². The Morgan fingerprint density at radius 3 is 2.50 bits per heavy atom. The molecule has 38 heavy (non-hydrogen) atoms. The Hall–Kier alpha value is -3.94. The largest absolute Gasteiger partial charge is 0.408 e. The van der Waals surface area contributed by atoms with E-state index in [4.69, 9.17) is 0 Å². The molecule has 1 aliphatic heterocycles. The summed E-state index contributed by atoms with van der Waals surface area (Å²) in [6.07, 6.45) is -3.36. The summed E-state index contributed by atoms with van der Waals surface area (Å²) in [5, 5.41) is 12.0. The molecule has 1 saturated carbocycles. The van der Waals surface area contributed by atoms with Gasteiger partial charge in [0, 0.05) is 12.3 Å². The van der Waals surface area contributed by atoms with Gasteiger partial charge in [0.15, 0.2) is 17.3 Å². The first-order valence-electron chi connectivity index (χ1n) is 11.5. The summed E-state index contributed by atoms with van der Waals surface area (Å²) in [5.41, 5.74) is -3.00. The summed E-state index contributed by atoms with van der Waals surface area (Å²) in [6, 6.07) is -0.0220. The first-order chi connectivity index (χ1) is 17.8. The van der Waals surface area contributed by atoms with E-state index in [2.05, 4.69) is 9.97 Å². The van der Waals surface area contributed by atoms with Gasteiger partial charge in [-0.25, -0.2) is 18.7 Å². The third kappa shape index (κ3) is 3.90. The second-order valence-corrected chi connectivity index (χ2v) is 9.49. The number of fused-ring (bicyclic) bond motifs is 1. The number of amides is 2. The van der Waals surface area contributed by atoms with Crippen molar-refractivity contribution in [2.75, 3.05) is 4.90 Å². The van der Waals surface area contributed by atoms with E-state index >= 15 is 0 Å². The van der Waals surface area contributed by atoms with Gasteiger partial charge in [-0.05, 0) is 38.8 Å². The molecule has 4 heterocycles. The molecule has 2 unspecified atom stereocenters. The minimum Gasteiger partial charge on any atom is -0.390 e.